The summed E-state index contributed by atoms with van der Waals surface area (Å²) in [6, 6.07) is 12.6. The molecule has 0 spiro atoms. The van der Waals surface area contributed by atoms with Crippen LogP contribution < -0.4 is 10.7 Å². The first-order valence-corrected chi connectivity index (χ1v) is 22.1. The Labute approximate surface area is 370 Å². The van der Waals surface area contributed by atoms with Crippen molar-refractivity contribution in [2.75, 3.05) is 33.8 Å². The number of carbonyl (C=O) groups excluding carboxylic acids is 5. The number of aromatic hydroxyl groups is 1. The van der Waals surface area contributed by atoms with Gasteiger partial charge in [0, 0.05) is 80.3 Å². The predicted molar refractivity (Wildman–Crippen MR) is 243 cm³/mol. The van der Waals surface area contributed by atoms with Crippen LogP contribution in [0.15, 0.2) is 67.4 Å². The van der Waals surface area contributed by atoms with Gasteiger partial charge < -0.3 is 29.5 Å². The second kappa shape index (κ2) is 19.6. The Kier molecular flexibility index (Phi) is 14.4. The summed E-state index contributed by atoms with van der Waals surface area (Å²) < 4.78 is 8.40. The van der Waals surface area contributed by atoms with Crippen molar-refractivity contribution in [2.45, 2.75) is 105 Å². The van der Waals surface area contributed by atoms with Gasteiger partial charge in [-0.25, -0.2) is 5.43 Å². The van der Waals surface area contributed by atoms with Gasteiger partial charge in [-0.2, -0.15) is 0 Å². The summed E-state index contributed by atoms with van der Waals surface area (Å²) in [4.78, 5) is 75.8. The van der Waals surface area contributed by atoms with E-state index in [1.54, 1.807) is 19.2 Å². The first-order chi connectivity index (χ1) is 30.0. The van der Waals surface area contributed by atoms with E-state index in [0.29, 0.717) is 31.4 Å². The number of hydrogen-bond donors (Lipinski definition) is 3. The van der Waals surface area contributed by atoms with Crippen LogP contribution in [-0.2, 0) is 54.5 Å². The smallest absolute Gasteiger partial charge is 0.324 e. The lowest BCUT2D eigenvalue weighted by Gasteiger charge is -2.37. The summed E-state index contributed by atoms with van der Waals surface area (Å²) >= 11 is 0. The minimum absolute atomic E-state index is 0.00477. The van der Waals surface area contributed by atoms with Gasteiger partial charge in [0.2, 0.25) is 17.7 Å². The number of aromatic nitrogens is 2. The lowest BCUT2D eigenvalue weighted by Crippen LogP contribution is -2.62. The van der Waals surface area contributed by atoms with Crippen LogP contribution >= 0.6 is 0 Å². The molecule has 4 heterocycles. The molecule has 2 aliphatic heterocycles. The van der Waals surface area contributed by atoms with E-state index in [-0.39, 0.29) is 56.0 Å². The third-order valence-electron chi connectivity index (χ3n) is 12.2. The number of carbonyl (C=O) groups is 5. The molecule has 14 nitrogen and oxygen atoms in total. The summed E-state index contributed by atoms with van der Waals surface area (Å²) in [7, 11) is 3.11. The zero-order valence-electron chi connectivity index (χ0n) is 38.0. The number of hydrogen-bond acceptors (Lipinski definition) is 9. The number of hydrazine groups is 1. The lowest BCUT2D eigenvalue weighted by molar-refractivity contribution is -0.155. The first kappa shape index (κ1) is 46.5. The van der Waals surface area contributed by atoms with Gasteiger partial charge in [0.1, 0.15) is 23.9 Å². The molecular weight excluding hydrogens is 799 g/mol. The largest absolute Gasteiger partial charge is 0.508 e. The molecule has 0 aliphatic carbocycles. The van der Waals surface area contributed by atoms with Crippen molar-refractivity contribution in [1.82, 2.24) is 35.1 Å². The molecule has 4 amide bonds. The second-order valence-electron chi connectivity index (χ2n) is 18.0. The average Bonchev–Trinajstić information content (AvgIpc) is 3.56. The van der Waals surface area contributed by atoms with Gasteiger partial charge >= 0.3 is 5.97 Å². The molecule has 0 saturated carbocycles. The molecule has 2 aliphatic rings. The van der Waals surface area contributed by atoms with Crippen molar-refractivity contribution >= 4 is 40.5 Å². The predicted octanol–water partition coefficient (Wildman–Crippen LogP) is 5.82. The number of phenolic OH excluding ortho intramolecular Hbond substituents is 1. The number of fused-ring (bicyclic) bond motifs is 6. The van der Waals surface area contributed by atoms with Gasteiger partial charge in [-0.1, -0.05) is 53.3 Å². The zero-order valence-corrected chi connectivity index (χ0v) is 38.0. The Bertz CT molecular complexity index is 2390. The Hall–Kier alpha value is -6.02. The van der Waals surface area contributed by atoms with Crippen molar-refractivity contribution in [3.63, 3.8) is 0 Å². The third kappa shape index (κ3) is 10.3. The molecule has 63 heavy (non-hydrogen) atoms. The molecule has 4 aromatic rings. The number of aryl methyl sites for hydroxylation is 2. The van der Waals surface area contributed by atoms with E-state index < -0.39 is 41.3 Å². The van der Waals surface area contributed by atoms with Crippen molar-refractivity contribution in [3.8, 4) is 28.1 Å². The summed E-state index contributed by atoms with van der Waals surface area (Å²) in [6.45, 7) is 16.8. The average molecular weight is 862 g/mol. The molecular formula is C49H63N7O7. The SMILES string of the molecule is C=CC(=O)N(C)CCC(=O)N(C)[C@H](C(=O)N[C@H]1Cc2cc(O)cc(c2)-c2ccc3c(c2)c(c(-c2cccnc2CC)n3CC)CC(C)(C)COC(=O)[C@@H]2CCCN(N2)C1=O)C(C)C. The number of benzene rings is 2. The molecule has 2 aromatic carbocycles. The molecule has 1 fully saturated rings. The lowest BCUT2D eigenvalue weighted by atomic mass is 9.84. The number of ether oxygens (including phenoxy) is 1. The Balaban J connectivity index is 1.44. The number of amides is 4. The van der Waals surface area contributed by atoms with E-state index in [4.69, 9.17) is 9.72 Å². The second-order valence-corrected chi connectivity index (χ2v) is 18.0. The van der Waals surface area contributed by atoms with Gasteiger partial charge in [0.15, 0.2) is 0 Å². The minimum atomic E-state index is -1.16. The summed E-state index contributed by atoms with van der Waals surface area (Å²) in [5.41, 5.74) is 10.0. The number of esters is 1. The van der Waals surface area contributed by atoms with Crippen molar-refractivity contribution in [3.05, 3.63) is 84.2 Å². The molecule has 6 bridgehead atoms. The number of nitrogens with one attached hydrogen (secondary N) is 2. The fourth-order valence-electron chi connectivity index (χ4n) is 8.99. The minimum Gasteiger partial charge on any atom is -0.508 e. The Morgan fingerprint density at radius 1 is 1.10 bits per heavy atom. The molecule has 336 valence electrons. The highest BCUT2D eigenvalue weighted by Gasteiger charge is 2.38. The molecule has 0 unspecified atom stereocenters. The number of cyclic esters (lactones) is 1. The van der Waals surface area contributed by atoms with Crippen LogP contribution in [0.1, 0.15) is 77.6 Å². The molecule has 6 rings (SSSR count). The molecule has 1 saturated heterocycles. The van der Waals surface area contributed by atoms with Gasteiger partial charge in [-0.3, -0.25) is 34.0 Å². The van der Waals surface area contributed by atoms with E-state index in [9.17, 15) is 29.1 Å². The van der Waals surface area contributed by atoms with E-state index in [2.05, 4.69) is 67.8 Å². The number of phenols is 1. The maximum absolute atomic E-state index is 14.6. The van der Waals surface area contributed by atoms with Crippen LogP contribution in [-0.4, -0.2) is 111 Å². The number of rotatable bonds is 11. The maximum Gasteiger partial charge on any atom is 0.324 e. The van der Waals surface area contributed by atoms with Crippen LogP contribution in [0, 0.1) is 11.3 Å². The highest BCUT2D eigenvalue weighted by molar-refractivity contribution is 5.96. The normalized spacial score (nSPS) is 18.3. The monoisotopic (exact) mass is 861 g/mol. The Morgan fingerprint density at radius 2 is 1.86 bits per heavy atom. The van der Waals surface area contributed by atoms with Crippen molar-refractivity contribution < 1.29 is 33.8 Å². The zero-order chi connectivity index (χ0) is 45.7. The highest BCUT2D eigenvalue weighted by Crippen LogP contribution is 2.41. The van der Waals surface area contributed by atoms with Gasteiger partial charge in [0.05, 0.1) is 12.3 Å². The molecule has 0 radical (unpaired) electrons. The fourth-order valence-corrected chi connectivity index (χ4v) is 8.99. The molecule has 2 aromatic heterocycles. The number of likely N-dealkylation sites (N-methyl/N-ethyl adjacent to an activating group) is 2. The summed E-state index contributed by atoms with van der Waals surface area (Å²) in [6.07, 6.45) is 5.26. The van der Waals surface area contributed by atoms with Crippen molar-refractivity contribution in [1.29, 1.82) is 0 Å². The van der Waals surface area contributed by atoms with E-state index in [1.165, 1.54) is 27.9 Å². The topological polar surface area (TPSA) is 166 Å². The molecule has 3 N–H and O–H groups in total. The first-order valence-electron chi connectivity index (χ1n) is 22.1. The van der Waals surface area contributed by atoms with E-state index >= 15 is 0 Å². The van der Waals surface area contributed by atoms with Crippen LogP contribution in [0.25, 0.3) is 33.3 Å². The number of nitrogens with zero attached hydrogens (tertiary/aromatic N) is 5. The molecule has 3 atom stereocenters. The quantitative estimate of drug-likeness (QED) is 0.124. The highest BCUT2D eigenvalue weighted by atomic mass is 16.5. The van der Waals surface area contributed by atoms with Crippen LogP contribution in [0.5, 0.6) is 5.75 Å². The maximum atomic E-state index is 14.6. The van der Waals surface area contributed by atoms with Crippen LogP contribution in [0.2, 0.25) is 0 Å². The van der Waals surface area contributed by atoms with E-state index in [1.807, 2.05) is 38.2 Å². The molecule has 14 heteroatoms. The fraction of sp³-hybridized carbons (Fsp3) is 0.469. The van der Waals surface area contributed by atoms with Crippen LogP contribution in [0.3, 0.4) is 0 Å². The van der Waals surface area contributed by atoms with Crippen molar-refractivity contribution in [2.24, 2.45) is 11.3 Å². The standard InChI is InChI=1S/C49H63N7O7/c1-10-38-35(15-13-20-50-38)45-37-28-49(6,7)29-63-48(62)39-16-14-21-56(52-39)47(61)40(51-46(60)44(30(4)5)54(9)43(59)19-22-53(8)42(58)11-2)25-31-23-33(26-34(57)24-31)32-17-18-41(36(37)27-32)55(45)12-3/h11,13,15,17-18,20,23-24,26-27,30,39-40,44,52,57H,2,10,12,14,16,19,21-22,25,28-29H2,1,3-9H3,(H,51,60)/t39-,40-,44-/m0/s1. The van der Waals surface area contributed by atoms with E-state index in [0.717, 1.165) is 51.0 Å². The van der Waals surface area contributed by atoms with Crippen LogP contribution in [0.4, 0.5) is 0 Å². The summed E-state index contributed by atoms with van der Waals surface area (Å²) in [5.74, 6) is -2.52. The third-order valence-corrected chi connectivity index (χ3v) is 12.2. The van der Waals surface area contributed by atoms with Gasteiger partial charge in [-0.05, 0) is 103 Å². The van der Waals surface area contributed by atoms with Gasteiger partial charge in [0.25, 0.3) is 5.91 Å². The summed E-state index contributed by atoms with van der Waals surface area (Å²) in [5, 5.41) is 16.6. The number of pyridine rings is 1. The Morgan fingerprint density at radius 3 is 2.56 bits per heavy atom. The van der Waals surface area contributed by atoms with Gasteiger partial charge in [-0.15, -0.1) is 0 Å².